The summed E-state index contributed by atoms with van der Waals surface area (Å²) in [6, 6.07) is 4.26. The van der Waals surface area contributed by atoms with Crippen molar-refractivity contribution in [2.45, 2.75) is 25.7 Å². The smallest absolute Gasteiger partial charge is 0.220 e. The number of rotatable bonds is 6. The zero-order valence-corrected chi connectivity index (χ0v) is 13.4. The third-order valence-corrected chi connectivity index (χ3v) is 5.22. The predicted molar refractivity (Wildman–Crippen MR) is 84.0 cm³/mol. The molecule has 2 heterocycles. The molecule has 3 nitrogen and oxygen atoms in total. The van der Waals surface area contributed by atoms with Gasteiger partial charge in [-0.1, -0.05) is 0 Å². The molecule has 0 radical (unpaired) electrons. The highest BCUT2D eigenvalue weighted by atomic mass is 127. The van der Waals surface area contributed by atoms with Gasteiger partial charge < -0.3 is 10.6 Å². The van der Waals surface area contributed by atoms with Gasteiger partial charge in [0.05, 0.1) is 2.88 Å². The predicted octanol–water partition coefficient (Wildman–Crippen LogP) is 2.40. The van der Waals surface area contributed by atoms with E-state index in [0.717, 1.165) is 32.5 Å². The van der Waals surface area contributed by atoms with E-state index in [1.807, 2.05) is 0 Å². The van der Waals surface area contributed by atoms with E-state index in [1.54, 1.807) is 11.3 Å². The molecule has 0 aromatic carbocycles. The summed E-state index contributed by atoms with van der Waals surface area (Å²) < 4.78 is 1.31. The van der Waals surface area contributed by atoms with Gasteiger partial charge in [-0.2, -0.15) is 0 Å². The highest BCUT2D eigenvalue weighted by Gasteiger charge is 2.15. The normalized spacial score (nSPS) is 19.1. The highest BCUT2D eigenvalue weighted by Crippen LogP contribution is 2.18. The summed E-state index contributed by atoms with van der Waals surface area (Å²) in [4.78, 5) is 13.0. The maximum atomic E-state index is 11.7. The second kappa shape index (κ2) is 7.45. The number of carbonyl (C=O) groups is 1. The van der Waals surface area contributed by atoms with Crippen LogP contribution in [0.1, 0.15) is 24.1 Å². The maximum absolute atomic E-state index is 11.7. The van der Waals surface area contributed by atoms with Gasteiger partial charge in [-0.3, -0.25) is 4.79 Å². The Bertz CT molecular complexity index is 388. The van der Waals surface area contributed by atoms with Crippen LogP contribution >= 0.6 is 33.9 Å². The Morgan fingerprint density at radius 1 is 1.56 bits per heavy atom. The monoisotopic (exact) mass is 378 g/mol. The van der Waals surface area contributed by atoms with E-state index >= 15 is 0 Å². The average molecular weight is 378 g/mol. The standard InChI is InChI=1S/C13H19IN2OS/c14-12-3-2-11(18-12)6-8-16-13(17)4-1-10-5-7-15-9-10/h2-3,10,15H,1,4-9H2,(H,16,17). The number of carbonyl (C=O) groups excluding carboxylic acids is 1. The van der Waals surface area contributed by atoms with Crippen LogP contribution in [-0.4, -0.2) is 25.5 Å². The second-order valence-electron chi connectivity index (χ2n) is 4.70. The minimum absolute atomic E-state index is 0.202. The molecular formula is C13H19IN2OS. The zero-order chi connectivity index (χ0) is 12.8. The third-order valence-electron chi connectivity index (χ3n) is 3.26. The van der Waals surface area contributed by atoms with Gasteiger partial charge in [0.1, 0.15) is 0 Å². The minimum atomic E-state index is 0.202. The van der Waals surface area contributed by atoms with E-state index in [9.17, 15) is 4.79 Å². The third kappa shape index (κ3) is 4.85. The van der Waals surface area contributed by atoms with Gasteiger partial charge in [0.15, 0.2) is 0 Å². The fourth-order valence-electron chi connectivity index (χ4n) is 2.20. The van der Waals surface area contributed by atoms with Crippen molar-refractivity contribution in [1.29, 1.82) is 0 Å². The largest absolute Gasteiger partial charge is 0.356 e. The Labute approximate surface area is 126 Å². The van der Waals surface area contributed by atoms with Gasteiger partial charge in [-0.25, -0.2) is 0 Å². The lowest BCUT2D eigenvalue weighted by molar-refractivity contribution is -0.121. The summed E-state index contributed by atoms with van der Waals surface area (Å²) in [6.45, 7) is 2.96. The topological polar surface area (TPSA) is 41.1 Å². The van der Waals surface area contributed by atoms with Crippen LogP contribution in [0.25, 0.3) is 0 Å². The van der Waals surface area contributed by atoms with Crippen LogP contribution in [0.4, 0.5) is 0 Å². The fourth-order valence-corrected chi connectivity index (χ4v) is 3.95. The molecule has 2 rings (SSSR count). The summed E-state index contributed by atoms with van der Waals surface area (Å²) in [5.74, 6) is 0.905. The van der Waals surface area contributed by atoms with Crippen LogP contribution < -0.4 is 10.6 Å². The summed E-state index contributed by atoms with van der Waals surface area (Å²) in [5.41, 5.74) is 0. The van der Waals surface area contributed by atoms with E-state index in [4.69, 9.17) is 0 Å². The second-order valence-corrected chi connectivity index (χ2v) is 7.77. The van der Waals surface area contributed by atoms with E-state index in [-0.39, 0.29) is 5.91 Å². The molecule has 1 amide bonds. The number of halogens is 1. The van der Waals surface area contributed by atoms with Crippen LogP contribution in [0.15, 0.2) is 12.1 Å². The van der Waals surface area contributed by atoms with Gasteiger partial charge >= 0.3 is 0 Å². The molecule has 1 saturated heterocycles. The van der Waals surface area contributed by atoms with Crippen molar-refractivity contribution in [3.05, 3.63) is 19.9 Å². The Kier molecular flexibility index (Phi) is 5.91. The first kappa shape index (κ1) is 14.3. The first-order valence-electron chi connectivity index (χ1n) is 6.45. The number of amides is 1. The molecule has 0 spiro atoms. The number of nitrogens with one attached hydrogen (secondary N) is 2. The van der Waals surface area contributed by atoms with Crippen molar-refractivity contribution in [3.8, 4) is 0 Å². The Morgan fingerprint density at radius 3 is 3.11 bits per heavy atom. The van der Waals surface area contributed by atoms with Gasteiger partial charge in [-0.15, -0.1) is 11.3 Å². The van der Waals surface area contributed by atoms with Crippen LogP contribution in [-0.2, 0) is 11.2 Å². The molecule has 100 valence electrons. The van der Waals surface area contributed by atoms with Crippen LogP contribution in [0.5, 0.6) is 0 Å². The number of hydrogen-bond donors (Lipinski definition) is 2. The lowest BCUT2D eigenvalue weighted by Crippen LogP contribution is -2.26. The van der Waals surface area contributed by atoms with Crippen LogP contribution in [0.2, 0.25) is 0 Å². The molecule has 0 aliphatic carbocycles. The summed E-state index contributed by atoms with van der Waals surface area (Å²) in [6.07, 6.45) is 3.87. The summed E-state index contributed by atoms with van der Waals surface area (Å²) in [5, 5.41) is 6.34. The van der Waals surface area contributed by atoms with Crippen molar-refractivity contribution in [2.24, 2.45) is 5.92 Å². The Hall–Kier alpha value is -0.140. The minimum Gasteiger partial charge on any atom is -0.356 e. The average Bonchev–Trinajstić information content (AvgIpc) is 2.98. The van der Waals surface area contributed by atoms with Crippen molar-refractivity contribution >= 4 is 39.8 Å². The van der Waals surface area contributed by atoms with Crippen LogP contribution in [0.3, 0.4) is 0 Å². The van der Waals surface area contributed by atoms with Gasteiger partial charge in [0, 0.05) is 17.8 Å². The van der Waals surface area contributed by atoms with Gasteiger partial charge in [0.2, 0.25) is 5.91 Å². The molecule has 2 N–H and O–H groups in total. The lowest BCUT2D eigenvalue weighted by atomic mass is 10.0. The molecule has 1 aliphatic heterocycles. The molecule has 5 heteroatoms. The molecule has 1 unspecified atom stereocenters. The molecule has 0 saturated carbocycles. The molecule has 1 atom stereocenters. The Morgan fingerprint density at radius 2 is 2.44 bits per heavy atom. The summed E-state index contributed by atoms with van der Waals surface area (Å²) >= 11 is 4.13. The van der Waals surface area contributed by atoms with Crippen molar-refractivity contribution < 1.29 is 4.79 Å². The molecule has 1 aliphatic rings. The molecular weight excluding hydrogens is 359 g/mol. The summed E-state index contributed by atoms with van der Waals surface area (Å²) in [7, 11) is 0. The molecule has 1 aromatic rings. The van der Waals surface area contributed by atoms with Gasteiger partial charge in [0.25, 0.3) is 0 Å². The number of hydrogen-bond acceptors (Lipinski definition) is 3. The van der Waals surface area contributed by atoms with E-state index < -0.39 is 0 Å². The first-order chi connectivity index (χ1) is 8.74. The van der Waals surface area contributed by atoms with E-state index in [1.165, 1.54) is 14.2 Å². The molecule has 1 aromatic heterocycles. The fraction of sp³-hybridized carbons (Fsp3) is 0.615. The van der Waals surface area contributed by atoms with E-state index in [2.05, 4.69) is 45.4 Å². The lowest BCUT2D eigenvalue weighted by Gasteiger charge is -2.08. The van der Waals surface area contributed by atoms with Crippen molar-refractivity contribution in [2.75, 3.05) is 19.6 Å². The number of thiophene rings is 1. The molecule has 1 fully saturated rings. The molecule has 0 bridgehead atoms. The zero-order valence-electron chi connectivity index (χ0n) is 10.4. The molecule has 18 heavy (non-hydrogen) atoms. The van der Waals surface area contributed by atoms with Gasteiger partial charge in [-0.05, 0) is 73.0 Å². The van der Waals surface area contributed by atoms with Crippen molar-refractivity contribution in [1.82, 2.24) is 10.6 Å². The van der Waals surface area contributed by atoms with Crippen LogP contribution in [0, 0.1) is 8.80 Å². The SMILES string of the molecule is O=C(CCC1CCNC1)NCCc1ccc(I)s1. The quantitative estimate of drug-likeness (QED) is 0.747. The first-order valence-corrected chi connectivity index (χ1v) is 8.35. The highest BCUT2D eigenvalue weighted by molar-refractivity contribution is 14.1. The van der Waals surface area contributed by atoms with Crippen molar-refractivity contribution in [3.63, 3.8) is 0 Å². The van der Waals surface area contributed by atoms with E-state index in [0.29, 0.717) is 12.3 Å². The maximum Gasteiger partial charge on any atom is 0.220 e. The Balaban J connectivity index is 1.57.